The van der Waals surface area contributed by atoms with Gasteiger partial charge in [0.1, 0.15) is 6.17 Å². The van der Waals surface area contributed by atoms with Gasteiger partial charge in [0.2, 0.25) is 0 Å². The van der Waals surface area contributed by atoms with Gasteiger partial charge in [0.05, 0.1) is 12.7 Å². The summed E-state index contributed by atoms with van der Waals surface area (Å²) in [7, 11) is 0. The molecule has 2 aliphatic heterocycles. The maximum atomic E-state index is 13.2. The molecular weight excluding hydrogens is 171 g/mol. The maximum absolute atomic E-state index is 13.2. The molecule has 0 aromatic rings. The van der Waals surface area contributed by atoms with Crippen molar-refractivity contribution in [1.29, 1.82) is 0 Å². The Hall–Kier alpha value is -0.190. The lowest BCUT2D eigenvalue weighted by Crippen LogP contribution is -2.48. The van der Waals surface area contributed by atoms with Crippen LogP contribution in [0.3, 0.4) is 0 Å². The molecule has 2 rings (SSSR count). The van der Waals surface area contributed by atoms with Gasteiger partial charge in [0.25, 0.3) is 0 Å². The summed E-state index contributed by atoms with van der Waals surface area (Å²) in [5, 5.41) is 6.19. The highest BCUT2D eigenvalue weighted by Crippen LogP contribution is 2.14. The third-order valence-electron chi connectivity index (χ3n) is 2.76. The van der Waals surface area contributed by atoms with Gasteiger partial charge in [-0.3, -0.25) is 0 Å². The molecule has 0 amide bonds. The zero-order valence-electron chi connectivity index (χ0n) is 7.76. The van der Waals surface area contributed by atoms with Crippen molar-refractivity contribution in [3.8, 4) is 0 Å². The standard InChI is InChI=1S/C9H17FN2O/c10-8-5-11-2-1-9(8)13-6-7-3-12-4-7/h7-9,11-12H,1-6H2/t8-,9+/m1/s1. The number of hydrogen-bond acceptors (Lipinski definition) is 3. The van der Waals surface area contributed by atoms with Crippen LogP contribution in [0, 0.1) is 5.92 Å². The zero-order chi connectivity index (χ0) is 9.10. The van der Waals surface area contributed by atoms with Gasteiger partial charge in [-0.25, -0.2) is 4.39 Å². The molecule has 0 saturated carbocycles. The van der Waals surface area contributed by atoms with E-state index in [-0.39, 0.29) is 6.10 Å². The van der Waals surface area contributed by atoms with Gasteiger partial charge in [-0.2, -0.15) is 0 Å². The zero-order valence-corrected chi connectivity index (χ0v) is 7.76. The third-order valence-corrected chi connectivity index (χ3v) is 2.76. The fraction of sp³-hybridized carbons (Fsp3) is 1.00. The highest BCUT2D eigenvalue weighted by Gasteiger charge is 2.27. The summed E-state index contributed by atoms with van der Waals surface area (Å²) in [6.07, 6.45) is -0.176. The number of alkyl halides is 1. The Morgan fingerprint density at radius 2 is 2.08 bits per heavy atom. The Bertz CT molecular complexity index is 164. The van der Waals surface area contributed by atoms with Crippen LogP contribution in [0.4, 0.5) is 4.39 Å². The predicted molar refractivity (Wildman–Crippen MR) is 48.5 cm³/mol. The minimum absolute atomic E-state index is 0.165. The molecule has 2 aliphatic rings. The van der Waals surface area contributed by atoms with E-state index in [2.05, 4.69) is 10.6 Å². The molecule has 0 aliphatic carbocycles. The van der Waals surface area contributed by atoms with Crippen LogP contribution in [0.5, 0.6) is 0 Å². The van der Waals surface area contributed by atoms with Crippen LogP contribution in [0.25, 0.3) is 0 Å². The van der Waals surface area contributed by atoms with Crippen molar-refractivity contribution in [2.24, 2.45) is 5.92 Å². The lowest BCUT2D eigenvalue weighted by atomic mass is 10.0. The number of piperidine rings is 1. The number of ether oxygens (including phenoxy) is 1. The summed E-state index contributed by atoms with van der Waals surface area (Å²) in [4.78, 5) is 0. The first kappa shape index (κ1) is 9.37. The van der Waals surface area contributed by atoms with E-state index >= 15 is 0 Å². The van der Waals surface area contributed by atoms with Gasteiger partial charge in [-0.05, 0) is 13.0 Å². The summed E-state index contributed by atoms with van der Waals surface area (Å²) in [6, 6.07) is 0. The summed E-state index contributed by atoms with van der Waals surface area (Å²) in [5.41, 5.74) is 0. The summed E-state index contributed by atoms with van der Waals surface area (Å²) in [6.45, 7) is 4.11. The number of hydrogen-bond donors (Lipinski definition) is 2. The largest absolute Gasteiger partial charge is 0.375 e. The van der Waals surface area contributed by atoms with Gasteiger partial charge in [0, 0.05) is 25.6 Å². The van der Waals surface area contributed by atoms with Crippen LogP contribution in [0.2, 0.25) is 0 Å². The highest BCUT2D eigenvalue weighted by atomic mass is 19.1. The quantitative estimate of drug-likeness (QED) is 0.650. The first-order chi connectivity index (χ1) is 6.36. The Morgan fingerprint density at radius 3 is 2.69 bits per heavy atom. The number of rotatable bonds is 3. The lowest BCUT2D eigenvalue weighted by Gasteiger charge is -2.31. The van der Waals surface area contributed by atoms with Gasteiger partial charge in [-0.1, -0.05) is 0 Å². The van der Waals surface area contributed by atoms with Gasteiger partial charge < -0.3 is 15.4 Å². The smallest absolute Gasteiger partial charge is 0.139 e. The van der Waals surface area contributed by atoms with Crippen molar-refractivity contribution in [2.75, 3.05) is 32.8 Å². The fourth-order valence-corrected chi connectivity index (χ4v) is 1.71. The van der Waals surface area contributed by atoms with E-state index in [1.54, 1.807) is 0 Å². The average Bonchev–Trinajstić information content (AvgIpc) is 2.05. The Morgan fingerprint density at radius 1 is 1.23 bits per heavy atom. The Balaban J connectivity index is 1.66. The predicted octanol–water partition coefficient (Wildman–Crippen LogP) is -0.0776. The minimum atomic E-state index is -0.818. The van der Waals surface area contributed by atoms with Crippen molar-refractivity contribution in [3.05, 3.63) is 0 Å². The molecule has 76 valence electrons. The summed E-state index contributed by atoms with van der Waals surface area (Å²) in [5.74, 6) is 0.613. The van der Waals surface area contributed by atoms with Gasteiger partial charge in [-0.15, -0.1) is 0 Å². The molecule has 3 nitrogen and oxygen atoms in total. The molecule has 0 radical (unpaired) electrons. The molecule has 0 unspecified atom stereocenters. The normalized spacial score (nSPS) is 35.8. The van der Waals surface area contributed by atoms with E-state index in [9.17, 15) is 4.39 Å². The lowest BCUT2D eigenvalue weighted by molar-refractivity contribution is -0.0390. The molecule has 2 saturated heterocycles. The van der Waals surface area contributed by atoms with Gasteiger partial charge in [0.15, 0.2) is 0 Å². The second kappa shape index (κ2) is 4.35. The van der Waals surface area contributed by atoms with Crippen LogP contribution >= 0.6 is 0 Å². The van der Waals surface area contributed by atoms with E-state index in [1.807, 2.05) is 0 Å². The summed E-state index contributed by atoms with van der Waals surface area (Å²) >= 11 is 0. The number of halogens is 1. The van der Waals surface area contributed by atoms with Crippen LogP contribution in [-0.2, 0) is 4.74 Å². The molecule has 13 heavy (non-hydrogen) atoms. The molecule has 4 heteroatoms. The molecule has 2 N–H and O–H groups in total. The number of nitrogens with one attached hydrogen (secondary N) is 2. The second-order valence-corrected chi connectivity index (χ2v) is 3.90. The first-order valence-electron chi connectivity index (χ1n) is 5.03. The molecule has 0 aromatic carbocycles. The fourth-order valence-electron chi connectivity index (χ4n) is 1.71. The Labute approximate surface area is 78.0 Å². The van der Waals surface area contributed by atoms with E-state index in [0.717, 1.165) is 32.7 Å². The van der Waals surface area contributed by atoms with Crippen LogP contribution in [0.15, 0.2) is 0 Å². The van der Waals surface area contributed by atoms with Crippen LogP contribution in [0.1, 0.15) is 6.42 Å². The van der Waals surface area contributed by atoms with E-state index in [4.69, 9.17) is 4.74 Å². The average molecular weight is 188 g/mol. The minimum Gasteiger partial charge on any atom is -0.375 e. The van der Waals surface area contributed by atoms with E-state index in [1.165, 1.54) is 0 Å². The van der Waals surface area contributed by atoms with Crippen molar-refractivity contribution >= 4 is 0 Å². The Kier molecular flexibility index (Phi) is 3.14. The third kappa shape index (κ3) is 2.39. The molecule has 0 aromatic heterocycles. The first-order valence-corrected chi connectivity index (χ1v) is 5.03. The van der Waals surface area contributed by atoms with Crippen molar-refractivity contribution < 1.29 is 9.13 Å². The van der Waals surface area contributed by atoms with E-state index in [0.29, 0.717) is 12.5 Å². The van der Waals surface area contributed by atoms with Crippen LogP contribution in [-0.4, -0.2) is 45.1 Å². The van der Waals surface area contributed by atoms with Crippen molar-refractivity contribution in [3.63, 3.8) is 0 Å². The second-order valence-electron chi connectivity index (χ2n) is 3.90. The SMILES string of the molecule is F[C@@H]1CNCC[C@@H]1OCC1CNC1. The summed E-state index contributed by atoms with van der Waals surface area (Å²) < 4.78 is 18.8. The molecular formula is C9H17FN2O. The molecule has 2 heterocycles. The molecule has 2 fully saturated rings. The maximum Gasteiger partial charge on any atom is 0.139 e. The van der Waals surface area contributed by atoms with Crippen molar-refractivity contribution in [1.82, 2.24) is 10.6 Å². The van der Waals surface area contributed by atoms with Gasteiger partial charge >= 0.3 is 0 Å². The molecule has 2 atom stereocenters. The van der Waals surface area contributed by atoms with Crippen LogP contribution < -0.4 is 10.6 Å². The molecule has 0 spiro atoms. The monoisotopic (exact) mass is 188 g/mol. The topological polar surface area (TPSA) is 33.3 Å². The van der Waals surface area contributed by atoms with Crippen molar-refractivity contribution in [2.45, 2.75) is 18.7 Å². The molecule has 0 bridgehead atoms. The highest BCUT2D eigenvalue weighted by molar-refractivity contribution is 4.80. The van der Waals surface area contributed by atoms with E-state index < -0.39 is 6.17 Å².